The number of fused-ring (bicyclic) bond motifs is 1. The largest absolute Gasteiger partial charge is 0.493 e. The Hall–Kier alpha value is -2.98. The molecule has 0 saturated carbocycles. The molecule has 1 aliphatic rings. The zero-order chi connectivity index (χ0) is 19.3. The van der Waals surface area contributed by atoms with Crippen LogP contribution in [0.15, 0.2) is 66.7 Å². The number of nitrogens with one attached hydrogen (secondary N) is 1. The lowest BCUT2D eigenvalue weighted by atomic mass is 9.89. The van der Waals surface area contributed by atoms with Crippen molar-refractivity contribution in [3.63, 3.8) is 0 Å². The minimum Gasteiger partial charge on any atom is -0.493 e. The summed E-state index contributed by atoms with van der Waals surface area (Å²) in [6, 6.07) is 22.8. The van der Waals surface area contributed by atoms with Gasteiger partial charge in [0.1, 0.15) is 12.4 Å². The fourth-order valence-electron chi connectivity index (χ4n) is 3.78. The number of benzene rings is 3. The van der Waals surface area contributed by atoms with Crippen LogP contribution in [0.1, 0.15) is 28.3 Å². The highest BCUT2D eigenvalue weighted by Gasteiger charge is 2.25. The number of hydrogen-bond acceptors (Lipinski definition) is 4. The van der Waals surface area contributed by atoms with Crippen LogP contribution in [0.4, 0.5) is 0 Å². The van der Waals surface area contributed by atoms with Crippen LogP contribution in [0, 0.1) is 0 Å². The van der Waals surface area contributed by atoms with Gasteiger partial charge in [-0.15, -0.1) is 0 Å². The molecule has 0 aromatic heterocycles. The van der Waals surface area contributed by atoms with Crippen molar-refractivity contribution in [3.8, 4) is 17.2 Å². The van der Waals surface area contributed by atoms with Crippen LogP contribution in [0.3, 0.4) is 0 Å². The molecule has 3 aromatic rings. The van der Waals surface area contributed by atoms with Crippen LogP contribution in [0.25, 0.3) is 0 Å². The second-order valence-corrected chi connectivity index (χ2v) is 6.85. The van der Waals surface area contributed by atoms with E-state index in [2.05, 4.69) is 35.6 Å². The van der Waals surface area contributed by atoms with Crippen molar-refractivity contribution in [1.29, 1.82) is 0 Å². The molecule has 0 spiro atoms. The maximum atomic E-state index is 5.91. The van der Waals surface area contributed by atoms with Crippen LogP contribution in [-0.2, 0) is 13.0 Å². The molecule has 0 fully saturated rings. The molecule has 0 bridgehead atoms. The lowest BCUT2D eigenvalue weighted by molar-refractivity contribution is 0.306. The highest BCUT2D eigenvalue weighted by Crippen LogP contribution is 2.39. The predicted molar refractivity (Wildman–Crippen MR) is 110 cm³/mol. The highest BCUT2D eigenvalue weighted by molar-refractivity contribution is 5.54. The second kappa shape index (κ2) is 8.36. The summed E-state index contributed by atoms with van der Waals surface area (Å²) >= 11 is 0. The van der Waals surface area contributed by atoms with Crippen LogP contribution in [-0.4, -0.2) is 20.8 Å². The summed E-state index contributed by atoms with van der Waals surface area (Å²) in [4.78, 5) is 0. The fraction of sp³-hybridized carbons (Fsp3) is 0.250. The van der Waals surface area contributed by atoms with Crippen molar-refractivity contribution in [2.75, 3.05) is 20.8 Å². The van der Waals surface area contributed by atoms with Gasteiger partial charge in [-0.3, -0.25) is 0 Å². The molecule has 4 heteroatoms. The third-order valence-corrected chi connectivity index (χ3v) is 5.18. The van der Waals surface area contributed by atoms with Crippen LogP contribution in [0.2, 0.25) is 0 Å². The molecular weight excluding hydrogens is 350 g/mol. The van der Waals surface area contributed by atoms with Crippen LogP contribution in [0.5, 0.6) is 17.2 Å². The lowest BCUT2D eigenvalue weighted by Crippen LogP contribution is -2.30. The number of hydrogen-bond donors (Lipinski definition) is 1. The first-order valence-corrected chi connectivity index (χ1v) is 9.54. The van der Waals surface area contributed by atoms with Gasteiger partial charge >= 0.3 is 0 Å². The van der Waals surface area contributed by atoms with Gasteiger partial charge in [-0.25, -0.2) is 0 Å². The highest BCUT2D eigenvalue weighted by atomic mass is 16.5. The van der Waals surface area contributed by atoms with Gasteiger partial charge in [0, 0.05) is 12.1 Å². The molecule has 0 radical (unpaired) electrons. The standard InChI is InChI=1S/C24H25NO3/c1-26-22-13-12-20-21(24(22)27-2)14-15-25-23(20)18-8-10-19(11-9-18)28-16-17-6-4-3-5-7-17/h3-13,23,25H,14-16H2,1-2H3. The van der Waals surface area contributed by atoms with E-state index in [0.717, 1.165) is 35.8 Å². The van der Waals surface area contributed by atoms with Gasteiger partial charge in [0.15, 0.2) is 11.5 Å². The van der Waals surface area contributed by atoms with Gasteiger partial charge in [0.25, 0.3) is 0 Å². The fourth-order valence-corrected chi connectivity index (χ4v) is 3.78. The first-order valence-electron chi connectivity index (χ1n) is 9.54. The predicted octanol–water partition coefficient (Wildman–Crippen LogP) is 4.52. The van der Waals surface area contributed by atoms with E-state index >= 15 is 0 Å². The van der Waals surface area contributed by atoms with E-state index in [9.17, 15) is 0 Å². The maximum absolute atomic E-state index is 5.91. The molecule has 1 atom stereocenters. The zero-order valence-corrected chi connectivity index (χ0v) is 16.3. The summed E-state index contributed by atoms with van der Waals surface area (Å²) in [5.41, 5.74) is 4.83. The molecule has 1 unspecified atom stereocenters. The van der Waals surface area contributed by atoms with Crippen molar-refractivity contribution in [1.82, 2.24) is 5.32 Å². The summed E-state index contributed by atoms with van der Waals surface area (Å²) in [7, 11) is 3.38. The van der Waals surface area contributed by atoms with Crippen molar-refractivity contribution in [3.05, 3.63) is 89.0 Å². The molecular formula is C24H25NO3. The van der Waals surface area contributed by atoms with Gasteiger partial charge in [0.05, 0.1) is 20.3 Å². The molecule has 4 nitrogen and oxygen atoms in total. The van der Waals surface area contributed by atoms with E-state index in [0.29, 0.717) is 6.61 Å². The van der Waals surface area contributed by atoms with E-state index in [1.54, 1.807) is 14.2 Å². The Labute approximate surface area is 166 Å². The number of ether oxygens (including phenoxy) is 3. The van der Waals surface area contributed by atoms with Crippen LogP contribution < -0.4 is 19.5 Å². The molecule has 1 heterocycles. The van der Waals surface area contributed by atoms with Crippen molar-refractivity contribution in [2.45, 2.75) is 19.1 Å². The van der Waals surface area contributed by atoms with Gasteiger partial charge in [-0.05, 0) is 41.3 Å². The topological polar surface area (TPSA) is 39.7 Å². The maximum Gasteiger partial charge on any atom is 0.164 e. The minimum absolute atomic E-state index is 0.131. The van der Waals surface area contributed by atoms with Gasteiger partial charge in [-0.1, -0.05) is 48.5 Å². The van der Waals surface area contributed by atoms with Gasteiger partial charge in [-0.2, -0.15) is 0 Å². The monoisotopic (exact) mass is 375 g/mol. The average molecular weight is 375 g/mol. The third kappa shape index (κ3) is 3.69. The van der Waals surface area contributed by atoms with Crippen LogP contribution >= 0.6 is 0 Å². The van der Waals surface area contributed by atoms with Gasteiger partial charge in [0.2, 0.25) is 0 Å². The normalized spacial score (nSPS) is 15.6. The summed E-state index contributed by atoms with van der Waals surface area (Å²) in [5.74, 6) is 2.50. The molecule has 3 aromatic carbocycles. The lowest BCUT2D eigenvalue weighted by Gasteiger charge is -2.29. The Morgan fingerprint density at radius 3 is 2.39 bits per heavy atom. The van der Waals surface area contributed by atoms with Gasteiger partial charge < -0.3 is 19.5 Å². The summed E-state index contributed by atoms with van der Waals surface area (Å²) in [5, 5.41) is 3.62. The molecule has 4 rings (SSSR count). The number of methoxy groups -OCH3 is 2. The first kappa shape index (κ1) is 18.4. The smallest absolute Gasteiger partial charge is 0.164 e. The second-order valence-electron chi connectivity index (χ2n) is 6.85. The molecule has 28 heavy (non-hydrogen) atoms. The summed E-state index contributed by atoms with van der Waals surface area (Å²) in [6.45, 7) is 1.47. The Kier molecular flexibility index (Phi) is 5.49. The minimum atomic E-state index is 0.131. The molecule has 0 saturated heterocycles. The van der Waals surface area contributed by atoms with Crippen molar-refractivity contribution in [2.24, 2.45) is 0 Å². The summed E-state index contributed by atoms with van der Waals surface area (Å²) < 4.78 is 17.0. The summed E-state index contributed by atoms with van der Waals surface area (Å²) in [6.07, 6.45) is 0.921. The SMILES string of the molecule is COc1ccc2c(c1OC)CCNC2c1ccc(OCc2ccccc2)cc1. The Morgan fingerprint density at radius 1 is 0.893 bits per heavy atom. The quantitative estimate of drug-likeness (QED) is 0.688. The van der Waals surface area contributed by atoms with Crippen molar-refractivity contribution >= 4 is 0 Å². The van der Waals surface area contributed by atoms with E-state index in [4.69, 9.17) is 14.2 Å². The van der Waals surface area contributed by atoms with E-state index in [1.165, 1.54) is 16.7 Å². The zero-order valence-electron chi connectivity index (χ0n) is 16.3. The van der Waals surface area contributed by atoms with E-state index in [1.807, 2.05) is 36.4 Å². The van der Waals surface area contributed by atoms with Crippen molar-refractivity contribution < 1.29 is 14.2 Å². The third-order valence-electron chi connectivity index (χ3n) is 5.18. The molecule has 1 N–H and O–H groups in total. The molecule has 144 valence electrons. The van der Waals surface area contributed by atoms with E-state index < -0.39 is 0 Å². The van der Waals surface area contributed by atoms with E-state index in [-0.39, 0.29) is 6.04 Å². The molecule has 1 aliphatic heterocycles. The molecule has 0 amide bonds. The molecule has 0 aliphatic carbocycles. The Balaban J connectivity index is 1.54. The first-order chi connectivity index (χ1) is 13.8. The average Bonchev–Trinajstić information content (AvgIpc) is 2.77. The Bertz CT molecular complexity index is 923. The number of rotatable bonds is 6. The Morgan fingerprint density at radius 2 is 1.68 bits per heavy atom.